The number of nitrogens with zero attached hydrogens (tertiary/aromatic N) is 2. The summed E-state index contributed by atoms with van der Waals surface area (Å²) in [5.74, 6) is 0.532. The molecule has 1 fully saturated rings. The molecule has 0 aromatic rings. The van der Waals surface area contributed by atoms with Gasteiger partial charge in [-0.05, 0) is 25.2 Å². The average Bonchev–Trinajstić information content (AvgIpc) is 2.47. The van der Waals surface area contributed by atoms with Gasteiger partial charge in [0.15, 0.2) is 0 Å². The highest BCUT2D eigenvalue weighted by Gasteiger charge is 2.33. The SMILES string of the molecule is CC1CCC(N(CCO)CCO)CC1N(CCO)CCO. The van der Waals surface area contributed by atoms with Crippen LogP contribution in [0.4, 0.5) is 0 Å². The van der Waals surface area contributed by atoms with Crippen molar-refractivity contribution in [1.29, 1.82) is 0 Å². The summed E-state index contributed by atoms with van der Waals surface area (Å²) in [5.41, 5.74) is 0. The maximum absolute atomic E-state index is 9.22. The van der Waals surface area contributed by atoms with Gasteiger partial charge in [-0.25, -0.2) is 0 Å². The molecule has 0 spiro atoms. The second-order valence-electron chi connectivity index (χ2n) is 5.98. The van der Waals surface area contributed by atoms with E-state index in [1.165, 1.54) is 0 Å². The van der Waals surface area contributed by atoms with Gasteiger partial charge in [0.05, 0.1) is 26.4 Å². The summed E-state index contributed by atoms with van der Waals surface area (Å²) < 4.78 is 0. The van der Waals surface area contributed by atoms with Crippen molar-refractivity contribution >= 4 is 0 Å². The minimum atomic E-state index is 0.102. The topological polar surface area (TPSA) is 87.4 Å². The molecule has 1 rings (SSSR count). The van der Waals surface area contributed by atoms with Gasteiger partial charge < -0.3 is 20.4 Å². The maximum Gasteiger partial charge on any atom is 0.0558 e. The van der Waals surface area contributed by atoms with Crippen molar-refractivity contribution in [2.24, 2.45) is 5.92 Å². The largest absolute Gasteiger partial charge is 0.395 e. The Bertz CT molecular complexity index is 256. The molecule has 1 saturated carbocycles. The molecular weight excluding hydrogens is 272 g/mol. The summed E-state index contributed by atoms with van der Waals surface area (Å²) in [6, 6.07) is 0.688. The van der Waals surface area contributed by atoms with Crippen molar-refractivity contribution < 1.29 is 20.4 Å². The third kappa shape index (κ3) is 5.81. The highest BCUT2D eigenvalue weighted by atomic mass is 16.3. The lowest BCUT2D eigenvalue weighted by molar-refractivity contribution is 0.0246. The fraction of sp³-hybridized carbons (Fsp3) is 1.00. The van der Waals surface area contributed by atoms with Crippen LogP contribution in [-0.2, 0) is 0 Å². The Kier molecular flexibility index (Phi) is 9.39. The van der Waals surface area contributed by atoms with Crippen molar-refractivity contribution in [2.45, 2.75) is 38.3 Å². The molecule has 0 saturated heterocycles. The van der Waals surface area contributed by atoms with Crippen LogP contribution in [0, 0.1) is 5.92 Å². The molecule has 1 aliphatic rings. The first-order valence-corrected chi connectivity index (χ1v) is 8.09. The zero-order valence-electron chi connectivity index (χ0n) is 13.2. The zero-order valence-corrected chi connectivity index (χ0v) is 13.2. The van der Waals surface area contributed by atoms with Crippen LogP contribution in [-0.4, -0.2) is 94.9 Å². The number of aliphatic hydroxyl groups is 4. The van der Waals surface area contributed by atoms with Gasteiger partial charge in [0.2, 0.25) is 0 Å². The molecule has 21 heavy (non-hydrogen) atoms. The normalized spacial score (nSPS) is 26.7. The number of aliphatic hydroxyl groups excluding tert-OH is 4. The van der Waals surface area contributed by atoms with Crippen LogP contribution in [0.15, 0.2) is 0 Å². The van der Waals surface area contributed by atoms with E-state index in [1.807, 2.05) is 0 Å². The van der Waals surface area contributed by atoms with Gasteiger partial charge >= 0.3 is 0 Å². The van der Waals surface area contributed by atoms with Crippen molar-refractivity contribution in [3.8, 4) is 0 Å². The third-order valence-electron chi connectivity index (χ3n) is 4.66. The smallest absolute Gasteiger partial charge is 0.0558 e. The van der Waals surface area contributed by atoms with Gasteiger partial charge in [-0.15, -0.1) is 0 Å². The Morgan fingerprint density at radius 2 is 1.24 bits per heavy atom. The van der Waals surface area contributed by atoms with E-state index >= 15 is 0 Å². The molecule has 126 valence electrons. The third-order valence-corrected chi connectivity index (χ3v) is 4.66. The first kappa shape index (κ1) is 18.8. The molecule has 0 amide bonds. The van der Waals surface area contributed by atoms with Crippen molar-refractivity contribution in [1.82, 2.24) is 9.80 Å². The highest BCUT2D eigenvalue weighted by molar-refractivity contribution is 4.89. The molecule has 0 aromatic carbocycles. The zero-order chi connectivity index (χ0) is 15.7. The molecule has 3 atom stereocenters. The van der Waals surface area contributed by atoms with E-state index in [0.29, 0.717) is 44.2 Å². The van der Waals surface area contributed by atoms with Gasteiger partial charge in [-0.1, -0.05) is 6.92 Å². The Morgan fingerprint density at radius 1 is 0.762 bits per heavy atom. The Balaban J connectivity index is 2.69. The molecule has 0 heterocycles. The fourth-order valence-electron chi connectivity index (χ4n) is 3.55. The van der Waals surface area contributed by atoms with Crippen LogP contribution in [0.2, 0.25) is 0 Å². The lowest BCUT2D eigenvalue weighted by Crippen LogP contribution is -2.51. The Hall–Kier alpha value is -0.240. The predicted octanol–water partition coefficient (Wildman–Crippen LogP) is -0.883. The summed E-state index contributed by atoms with van der Waals surface area (Å²) >= 11 is 0. The molecule has 1 aliphatic carbocycles. The van der Waals surface area contributed by atoms with Gasteiger partial charge in [0, 0.05) is 38.3 Å². The van der Waals surface area contributed by atoms with E-state index in [9.17, 15) is 20.4 Å². The van der Waals surface area contributed by atoms with E-state index < -0.39 is 0 Å². The minimum absolute atomic E-state index is 0.102. The summed E-state index contributed by atoms with van der Waals surface area (Å²) in [6.07, 6.45) is 3.13. The predicted molar refractivity (Wildman–Crippen MR) is 82.1 cm³/mol. The molecule has 0 bridgehead atoms. The van der Waals surface area contributed by atoms with Crippen LogP contribution in [0.3, 0.4) is 0 Å². The average molecular weight is 304 g/mol. The van der Waals surface area contributed by atoms with Crippen molar-refractivity contribution in [3.63, 3.8) is 0 Å². The Morgan fingerprint density at radius 3 is 1.71 bits per heavy atom. The summed E-state index contributed by atoms with van der Waals surface area (Å²) in [4.78, 5) is 4.34. The monoisotopic (exact) mass is 304 g/mol. The van der Waals surface area contributed by atoms with Crippen molar-refractivity contribution in [2.75, 3.05) is 52.6 Å². The van der Waals surface area contributed by atoms with Gasteiger partial charge in [0.1, 0.15) is 0 Å². The molecule has 0 aromatic heterocycles. The molecule has 6 heteroatoms. The molecule has 6 nitrogen and oxygen atoms in total. The summed E-state index contributed by atoms with van der Waals surface area (Å²) in [7, 11) is 0. The van der Waals surface area contributed by atoms with Crippen LogP contribution in [0.25, 0.3) is 0 Å². The second kappa shape index (κ2) is 10.5. The quantitative estimate of drug-likeness (QED) is 0.419. The number of hydrogen-bond acceptors (Lipinski definition) is 6. The van der Waals surface area contributed by atoms with E-state index in [2.05, 4.69) is 16.7 Å². The highest BCUT2D eigenvalue weighted by Crippen LogP contribution is 2.31. The van der Waals surface area contributed by atoms with E-state index in [4.69, 9.17) is 0 Å². The summed E-state index contributed by atoms with van der Waals surface area (Å²) in [5, 5.41) is 36.8. The molecule has 0 radical (unpaired) electrons. The van der Waals surface area contributed by atoms with E-state index in [1.54, 1.807) is 0 Å². The van der Waals surface area contributed by atoms with Crippen molar-refractivity contribution in [3.05, 3.63) is 0 Å². The van der Waals surface area contributed by atoms with E-state index in [0.717, 1.165) is 19.3 Å². The van der Waals surface area contributed by atoms with Gasteiger partial charge in [0.25, 0.3) is 0 Å². The van der Waals surface area contributed by atoms with Crippen LogP contribution < -0.4 is 0 Å². The fourth-order valence-corrected chi connectivity index (χ4v) is 3.55. The molecule has 4 N–H and O–H groups in total. The standard InChI is InChI=1S/C15H32N2O4/c1-13-2-3-14(16(4-8-18)5-9-19)12-15(13)17(6-10-20)7-11-21/h13-15,18-21H,2-12H2,1H3. The molecule has 0 aliphatic heterocycles. The molecular formula is C15H32N2O4. The number of rotatable bonds is 10. The van der Waals surface area contributed by atoms with Crippen LogP contribution in [0.5, 0.6) is 0 Å². The van der Waals surface area contributed by atoms with Gasteiger partial charge in [-0.3, -0.25) is 9.80 Å². The lowest BCUT2D eigenvalue weighted by Gasteiger charge is -2.44. The lowest BCUT2D eigenvalue weighted by atomic mass is 9.81. The van der Waals surface area contributed by atoms with Crippen LogP contribution >= 0.6 is 0 Å². The Labute approximate surface area is 128 Å². The molecule has 3 unspecified atom stereocenters. The first-order valence-electron chi connectivity index (χ1n) is 8.09. The summed E-state index contributed by atoms with van der Waals surface area (Å²) in [6.45, 7) is 4.99. The second-order valence-corrected chi connectivity index (χ2v) is 5.98. The maximum atomic E-state index is 9.22. The van der Waals surface area contributed by atoms with Crippen LogP contribution in [0.1, 0.15) is 26.2 Å². The first-order chi connectivity index (χ1) is 10.2. The number of hydrogen-bond donors (Lipinski definition) is 4. The minimum Gasteiger partial charge on any atom is -0.395 e. The van der Waals surface area contributed by atoms with Gasteiger partial charge in [-0.2, -0.15) is 0 Å². The van der Waals surface area contributed by atoms with E-state index in [-0.39, 0.29) is 26.4 Å².